The monoisotopic (exact) mass is 460 g/mol. The number of halogens is 1. The number of carbonyl (C=O) groups is 1. The van der Waals surface area contributed by atoms with Crippen molar-refractivity contribution in [3.63, 3.8) is 0 Å². The van der Waals surface area contributed by atoms with E-state index in [9.17, 15) is 9.90 Å². The Morgan fingerprint density at radius 1 is 1.21 bits per heavy atom. The summed E-state index contributed by atoms with van der Waals surface area (Å²) in [5.74, 6) is 0.418. The standard InChI is InChI=1S/C22H25BrN2O4/c1-3-28-20-10-14(9-17(23)21(20)29-4-2)12-24-19(22(26)27)11-15-13-25-18-8-6-5-7-16(15)18/h5-10,13,19,24-25H,3-4,11-12H2,1-2H3,(H,26,27)/t19-/m1/s1. The highest BCUT2D eigenvalue weighted by molar-refractivity contribution is 9.10. The lowest BCUT2D eigenvalue weighted by Gasteiger charge is -2.17. The van der Waals surface area contributed by atoms with Gasteiger partial charge in [-0.15, -0.1) is 0 Å². The zero-order valence-corrected chi connectivity index (χ0v) is 18.1. The lowest BCUT2D eigenvalue weighted by molar-refractivity contribution is -0.139. The lowest BCUT2D eigenvalue weighted by atomic mass is 10.0. The minimum atomic E-state index is -0.884. The van der Waals surface area contributed by atoms with Crippen molar-refractivity contribution >= 4 is 32.8 Å². The van der Waals surface area contributed by atoms with E-state index in [0.717, 1.165) is 26.5 Å². The number of hydrogen-bond acceptors (Lipinski definition) is 4. The second kappa shape index (κ2) is 9.80. The highest BCUT2D eigenvalue weighted by atomic mass is 79.9. The third-order valence-electron chi connectivity index (χ3n) is 4.61. The SMILES string of the molecule is CCOc1cc(CN[C@H](Cc2c[nH]c3ccccc23)C(=O)O)cc(Br)c1OCC. The highest BCUT2D eigenvalue weighted by Crippen LogP contribution is 2.37. The quantitative estimate of drug-likeness (QED) is 0.414. The molecule has 0 fully saturated rings. The Balaban J connectivity index is 1.76. The number of nitrogens with one attached hydrogen (secondary N) is 2. The molecule has 7 heteroatoms. The first-order valence-electron chi connectivity index (χ1n) is 9.62. The first kappa shape index (κ1) is 21.2. The number of ether oxygens (including phenoxy) is 2. The number of H-pyrrole nitrogens is 1. The summed E-state index contributed by atoms with van der Waals surface area (Å²) < 4.78 is 12.1. The molecule has 0 saturated heterocycles. The molecule has 0 aliphatic heterocycles. The fraction of sp³-hybridized carbons (Fsp3) is 0.318. The molecule has 0 radical (unpaired) electrons. The van der Waals surface area contributed by atoms with Gasteiger partial charge >= 0.3 is 5.97 Å². The number of para-hydroxylation sites is 1. The third kappa shape index (κ3) is 5.10. The Hall–Kier alpha value is -2.51. The molecule has 2 aromatic carbocycles. The fourth-order valence-electron chi connectivity index (χ4n) is 3.28. The predicted octanol–water partition coefficient (Wildman–Crippen LogP) is 4.51. The molecule has 6 nitrogen and oxygen atoms in total. The first-order chi connectivity index (χ1) is 14.0. The second-order valence-electron chi connectivity index (χ2n) is 6.61. The number of aromatic amines is 1. The Morgan fingerprint density at radius 2 is 1.97 bits per heavy atom. The van der Waals surface area contributed by atoms with E-state index in [1.807, 2.05) is 56.4 Å². The minimum absolute atomic E-state index is 0.385. The van der Waals surface area contributed by atoms with Gasteiger partial charge in [0.25, 0.3) is 0 Å². The molecule has 0 bridgehead atoms. The van der Waals surface area contributed by atoms with Crippen LogP contribution in [0.3, 0.4) is 0 Å². The third-order valence-corrected chi connectivity index (χ3v) is 5.20. The summed E-state index contributed by atoms with van der Waals surface area (Å²) in [7, 11) is 0. The summed E-state index contributed by atoms with van der Waals surface area (Å²) in [4.78, 5) is 15.0. The van der Waals surface area contributed by atoms with E-state index in [-0.39, 0.29) is 0 Å². The molecular formula is C22H25BrN2O4. The molecule has 1 heterocycles. The number of fused-ring (bicyclic) bond motifs is 1. The average molecular weight is 461 g/mol. The highest BCUT2D eigenvalue weighted by Gasteiger charge is 2.20. The van der Waals surface area contributed by atoms with E-state index in [1.165, 1.54) is 0 Å². The van der Waals surface area contributed by atoms with Crippen LogP contribution in [0.15, 0.2) is 47.1 Å². The van der Waals surface area contributed by atoms with Crippen molar-refractivity contribution in [1.29, 1.82) is 0 Å². The summed E-state index contributed by atoms with van der Waals surface area (Å²) in [6.45, 7) is 5.27. The number of carboxylic acid groups (broad SMARTS) is 1. The molecule has 3 rings (SSSR count). The molecule has 29 heavy (non-hydrogen) atoms. The Bertz CT molecular complexity index is 986. The Kier molecular flexibility index (Phi) is 7.17. The first-order valence-corrected chi connectivity index (χ1v) is 10.4. The normalized spacial score (nSPS) is 12.1. The maximum atomic E-state index is 11.8. The predicted molar refractivity (Wildman–Crippen MR) is 117 cm³/mol. The van der Waals surface area contributed by atoms with Crippen molar-refractivity contribution in [2.75, 3.05) is 13.2 Å². The van der Waals surface area contributed by atoms with Crippen molar-refractivity contribution in [2.24, 2.45) is 0 Å². The zero-order valence-electron chi connectivity index (χ0n) is 16.5. The summed E-state index contributed by atoms with van der Waals surface area (Å²) in [5, 5.41) is 13.9. The maximum absolute atomic E-state index is 11.8. The molecular weight excluding hydrogens is 436 g/mol. The lowest BCUT2D eigenvalue weighted by Crippen LogP contribution is -2.38. The molecule has 3 N–H and O–H groups in total. The van der Waals surface area contributed by atoms with Crippen LogP contribution in [-0.2, 0) is 17.8 Å². The number of benzene rings is 2. The van der Waals surface area contributed by atoms with E-state index in [4.69, 9.17) is 9.47 Å². The summed E-state index contributed by atoms with van der Waals surface area (Å²) in [6, 6.07) is 11.0. The van der Waals surface area contributed by atoms with Crippen LogP contribution in [0.4, 0.5) is 0 Å². The number of aromatic nitrogens is 1. The van der Waals surface area contributed by atoms with Gasteiger partial charge in [-0.25, -0.2) is 0 Å². The van der Waals surface area contributed by atoms with Crippen molar-refractivity contribution in [3.05, 3.63) is 58.2 Å². The largest absolute Gasteiger partial charge is 0.490 e. The van der Waals surface area contributed by atoms with Crippen LogP contribution in [0.2, 0.25) is 0 Å². The molecule has 3 aromatic rings. The van der Waals surface area contributed by atoms with E-state index < -0.39 is 12.0 Å². The molecule has 154 valence electrons. The molecule has 0 unspecified atom stereocenters. The number of aliphatic carboxylic acids is 1. The second-order valence-corrected chi connectivity index (χ2v) is 7.46. The van der Waals surface area contributed by atoms with Gasteiger partial charge in [0, 0.05) is 30.1 Å². The van der Waals surface area contributed by atoms with Crippen LogP contribution in [0, 0.1) is 0 Å². The van der Waals surface area contributed by atoms with Gasteiger partial charge in [-0.2, -0.15) is 0 Å². The topological polar surface area (TPSA) is 83.6 Å². The van der Waals surface area contributed by atoms with Gasteiger partial charge in [-0.05, 0) is 59.1 Å². The molecule has 1 aromatic heterocycles. The van der Waals surface area contributed by atoms with Gasteiger partial charge < -0.3 is 24.9 Å². The Morgan fingerprint density at radius 3 is 2.69 bits per heavy atom. The van der Waals surface area contributed by atoms with Gasteiger partial charge in [0.05, 0.1) is 17.7 Å². The van der Waals surface area contributed by atoms with Gasteiger partial charge in [0.15, 0.2) is 11.5 Å². The van der Waals surface area contributed by atoms with Crippen molar-refractivity contribution < 1.29 is 19.4 Å². The van der Waals surface area contributed by atoms with Crippen LogP contribution in [0.5, 0.6) is 11.5 Å². The van der Waals surface area contributed by atoms with Crippen molar-refractivity contribution in [3.8, 4) is 11.5 Å². The molecule has 0 aliphatic carbocycles. The number of carboxylic acids is 1. The minimum Gasteiger partial charge on any atom is -0.490 e. The summed E-state index contributed by atoms with van der Waals surface area (Å²) in [6.07, 6.45) is 2.26. The van der Waals surface area contributed by atoms with Crippen LogP contribution < -0.4 is 14.8 Å². The van der Waals surface area contributed by atoms with E-state index >= 15 is 0 Å². The van der Waals surface area contributed by atoms with Gasteiger partial charge in [-0.3, -0.25) is 4.79 Å². The van der Waals surface area contributed by atoms with E-state index in [1.54, 1.807) is 0 Å². The fourth-order valence-corrected chi connectivity index (χ4v) is 3.88. The molecule has 1 atom stereocenters. The molecule has 0 aliphatic rings. The Labute approximate surface area is 178 Å². The van der Waals surface area contributed by atoms with E-state index in [2.05, 4.69) is 26.2 Å². The van der Waals surface area contributed by atoms with E-state index in [0.29, 0.717) is 37.7 Å². The van der Waals surface area contributed by atoms with Crippen LogP contribution in [0.1, 0.15) is 25.0 Å². The number of hydrogen-bond donors (Lipinski definition) is 3. The van der Waals surface area contributed by atoms with Gasteiger partial charge in [0.1, 0.15) is 6.04 Å². The summed E-state index contributed by atoms with van der Waals surface area (Å²) >= 11 is 3.53. The molecule has 0 saturated carbocycles. The van der Waals surface area contributed by atoms with Crippen molar-refractivity contribution in [2.45, 2.75) is 32.9 Å². The summed E-state index contributed by atoms with van der Waals surface area (Å²) in [5.41, 5.74) is 2.89. The average Bonchev–Trinajstić information content (AvgIpc) is 3.10. The van der Waals surface area contributed by atoms with Gasteiger partial charge in [-0.1, -0.05) is 18.2 Å². The zero-order chi connectivity index (χ0) is 20.8. The van der Waals surface area contributed by atoms with Gasteiger partial charge in [0.2, 0.25) is 0 Å². The van der Waals surface area contributed by atoms with Crippen LogP contribution in [0.25, 0.3) is 10.9 Å². The van der Waals surface area contributed by atoms with Crippen LogP contribution in [-0.4, -0.2) is 35.3 Å². The number of rotatable bonds is 10. The maximum Gasteiger partial charge on any atom is 0.321 e. The van der Waals surface area contributed by atoms with Crippen LogP contribution >= 0.6 is 15.9 Å². The molecule has 0 spiro atoms. The van der Waals surface area contributed by atoms with Crippen molar-refractivity contribution in [1.82, 2.24) is 10.3 Å². The molecule has 0 amide bonds. The smallest absolute Gasteiger partial charge is 0.321 e.